The number of aromatic nitrogens is 3. The molecule has 3 aromatic heterocycles. The van der Waals surface area contributed by atoms with Crippen LogP contribution in [0.3, 0.4) is 0 Å². The number of amides is 1. The van der Waals surface area contributed by atoms with E-state index in [0.717, 1.165) is 0 Å². The summed E-state index contributed by atoms with van der Waals surface area (Å²) in [6, 6.07) is 8.41. The third-order valence-electron chi connectivity index (χ3n) is 4.86. The van der Waals surface area contributed by atoms with Crippen LogP contribution in [0.25, 0.3) is 11.3 Å². The zero-order chi connectivity index (χ0) is 22.8. The summed E-state index contributed by atoms with van der Waals surface area (Å²) in [7, 11) is -2.60. The second kappa shape index (κ2) is 8.50. The van der Waals surface area contributed by atoms with Crippen LogP contribution in [0.15, 0.2) is 60.0 Å². The minimum absolute atomic E-state index is 0.0700. The molecule has 164 valence electrons. The van der Waals surface area contributed by atoms with Crippen molar-refractivity contribution in [3.8, 4) is 11.3 Å². The van der Waals surface area contributed by atoms with Gasteiger partial charge in [0.25, 0.3) is 10.0 Å². The molecule has 0 spiro atoms. The maximum absolute atomic E-state index is 13.4. The van der Waals surface area contributed by atoms with Crippen molar-refractivity contribution in [2.24, 2.45) is 0 Å². The van der Waals surface area contributed by atoms with E-state index in [9.17, 15) is 13.2 Å². The topological polar surface area (TPSA) is 94.4 Å². The van der Waals surface area contributed by atoms with Crippen LogP contribution in [0.1, 0.15) is 32.0 Å². The number of hydrogen-bond donors (Lipinski definition) is 0. The number of carbonyl (C=O) groups excluding carboxylic acids is 1. The highest BCUT2D eigenvalue weighted by molar-refractivity contribution is 7.90. The average Bonchev–Trinajstić information content (AvgIpc) is 3.16. The molecule has 0 saturated heterocycles. The van der Waals surface area contributed by atoms with Gasteiger partial charge < -0.3 is 4.74 Å². The third kappa shape index (κ3) is 4.61. The quantitative estimate of drug-likeness (QED) is 0.596. The minimum Gasteiger partial charge on any atom is -0.453 e. The Morgan fingerprint density at radius 2 is 1.90 bits per heavy atom. The highest BCUT2D eigenvalue weighted by Gasteiger charge is 2.29. The lowest BCUT2D eigenvalue weighted by Gasteiger charge is -2.34. The minimum atomic E-state index is -3.92. The van der Waals surface area contributed by atoms with E-state index >= 15 is 0 Å². The first-order valence-electron chi connectivity index (χ1n) is 9.70. The molecule has 0 aliphatic rings. The molecule has 0 fully saturated rings. The van der Waals surface area contributed by atoms with Crippen LogP contribution in [-0.2, 0) is 21.3 Å². The second-order valence-corrected chi connectivity index (χ2v) is 9.90. The molecule has 3 heterocycles. The van der Waals surface area contributed by atoms with Crippen molar-refractivity contribution in [1.29, 1.82) is 0 Å². The predicted octanol–water partition coefficient (Wildman–Crippen LogP) is 3.86. The number of pyridine rings is 2. The molecule has 3 aromatic rings. The molecule has 1 amide bonds. The number of methoxy groups -OCH3 is 1. The lowest BCUT2D eigenvalue weighted by molar-refractivity contribution is 0.0793. The van der Waals surface area contributed by atoms with Gasteiger partial charge in [0, 0.05) is 41.6 Å². The summed E-state index contributed by atoms with van der Waals surface area (Å²) in [5.41, 5.74) is 1.95. The predicted molar refractivity (Wildman–Crippen MR) is 117 cm³/mol. The number of carbonyl (C=O) groups is 1. The van der Waals surface area contributed by atoms with E-state index in [1.807, 2.05) is 33.8 Å². The molecule has 0 unspecified atom stereocenters. The summed E-state index contributed by atoms with van der Waals surface area (Å²) in [6.45, 7) is 7.66. The largest absolute Gasteiger partial charge is 0.453 e. The van der Waals surface area contributed by atoms with Crippen molar-refractivity contribution < 1.29 is 17.9 Å². The van der Waals surface area contributed by atoms with Crippen molar-refractivity contribution in [2.45, 2.75) is 44.7 Å². The first-order valence-corrected chi connectivity index (χ1v) is 11.1. The number of aryl methyl sites for hydroxylation is 1. The normalized spacial score (nSPS) is 11.9. The van der Waals surface area contributed by atoms with E-state index in [4.69, 9.17) is 4.74 Å². The molecule has 9 heteroatoms. The molecule has 0 saturated carbocycles. The van der Waals surface area contributed by atoms with Gasteiger partial charge in [0.15, 0.2) is 0 Å². The Labute approximate surface area is 182 Å². The smallest absolute Gasteiger partial charge is 0.410 e. The lowest BCUT2D eigenvalue weighted by Crippen LogP contribution is -2.44. The molecule has 0 bridgehead atoms. The number of hydrogen-bond acceptors (Lipinski definition) is 6. The van der Waals surface area contributed by atoms with Crippen molar-refractivity contribution in [3.05, 3.63) is 66.4 Å². The Kier molecular flexibility index (Phi) is 6.17. The summed E-state index contributed by atoms with van der Waals surface area (Å²) in [5, 5.41) is 0. The third-order valence-corrected chi connectivity index (χ3v) is 6.52. The fourth-order valence-corrected chi connectivity index (χ4v) is 4.57. The van der Waals surface area contributed by atoms with Gasteiger partial charge >= 0.3 is 6.09 Å². The Balaban J connectivity index is 2.18. The van der Waals surface area contributed by atoms with Gasteiger partial charge in [-0.15, -0.1) is 0 Å². The van der Waals surface area contributed by atoms with Gasteiger partial charge in [-0.3, -0.25) is 14.9 Å². The lowest BCUT2D eigenvalue weighted by atomic mass is 10.1. The van der Waals surface area contributed by atoms with E-state index in [-0.39, 0.29) is 11.4 Å². The zero-order valence-corrected chi connectivity index (χ0v) is 19.0. The van der Waals surface area contributed by atoms with E-state index in [2.05, 4.69) is 9.97 Å². The fraction of sp³-hybridized carbons (Fsp3) is 0.318. The van der Waals surface area contributed by atoms with Gasteiger partial charge in [-0.25, -0.2) is 17.2 Å². The first-order chi connectivity index (χ1) is 14.6. The number of nitrogens with zero attached hydrogens (tertiary/aromatic N) is 4. The summed E-state index contributed by atoms with van der Waals surface area (Å²) in [4.78, 5) is 22.2. The van der Waals surface area contributed by atoms with Gasteiger partial charge in [-0.1, -0.05) is 0 Å². The number of ether oxygens (including phenoxy) is 1. The average molecular weight is 443 g/mol. The molecule has 0 atom stereocenters. The molecule has 0 aromatic carbocycles. The highest BCUT2D eigenvalue weighted by atomic mass is 32.2. The molecule has 0 aliphatic carbocycles. The monoisotopic (exact) mass is 442 g/mol. The van der Waals surface area contributed by atoms with Gasteiger partial charge in [0.2, 0.25) is 0 Å². The van der Waals surface area contributed by atoms with Crippen LogP contribution in [0, 0.1) is 6.92 Å². The highest BCUT2D eigenvalue weighted by Crippen LogP contribution is 2.30. The molecule has 3 rings (SSSR count). The van der Waals surface area contributed by atoms with Crippen LogP contribution >= 0.6 is 0 Å². The van der Waals surface area contributed by atoms with Crippen LogP contribution < -0.4 is 0 Å². The Hall–Kier alpha value is -3.20. The summed E-state index contributed by atoms with van der Waals surface area (Å²) in [5.74, 6) is 0. The van der Waals surface area contributed by atoms with Gasteiger partial charge in [-0.05, 0) is 63.6 Å². The molecular formula is C22H26N4O4S. The summed E-state index contributed by atoms with van der Waals surface area (Å²) >= 11 is 0. The van der Waals surface area contributed by atoms with Crippen molar-refractivity contribution in [2.75, 3.05) is 7.11 Å². The Morgan fingerprint density at radius 1 is 1.19 bits per heavy atom. The van der Waals surface area contributed by atoms with Crippen LogP contribution in [0.4, 0.5) is 4.79 Å². The van der Waals surface area contributed by atoms with E-state index in [1.165, 1.54) is 35.7 Å². The van der Waals surface area contributed by atoms with Crippen LogP contribution in [0.5, 0.6) is 0 Å². The van der Waals surface area contributed by atoms with Crippen molar-refractivity contribution >= 4 is 16.1 Å². The Bertz CT molecular complexity index is 1180. The molecule has 0 aliphatic heterocycles. The molecule has 31 heavy (non-hydrogen) atoms. The molecule has 0 radical (unpaired) electrons. The van der Waals surface area contributed by atoms with Gasteiger partial charge in [0.1, 0.15) is 4.90 Å². The zero-order valence-electron chi connectivity index (χ0n) is 18.2. The van der Waals surface area contributed by atoms with Crippen molar-refractivity contribution in [1.82, 2.24) is 18.8 Å². The van der Waals surface area contributed by atoms with E-state index in [1.54, 1.807) is 29.3 Å². The second-order valence-electron chi connectivity index (χ2n) is 8.09. The van der Waals surface area contributed by atoms with Crippen LogP contribution in [-0.4, -0.2) is 46.0 Å². The van der Waals surface area contributed by atoms with E-state index < -0.39 is 21.7 Å². The SMILES string of the molecule is COC(=O)N(Cc1cc(-c2cccnc2C)n(S(=O)(=O)c2cccnc2)c1)C(C)(C)C. The standard InChI is InChI=1S/C22H26N4O4S/c1-16-19(9-7-11-24-16)20-12-17(14-25(21(27)30-5)22(2,3)4)15-26(20)31(28,29)18-8-6-10-23-13-18/h6-13,15H,14H2,1-5H3. The van der Waals surface area contributed by atoms with Crippen LogP contribution in [0.2, 0.25) is 0 Å². The maximum Gasteiger partial charge on any atom is 0.410 e. The van der Waals surface area contributed by atoms with Gasteiger partial charge in [-0.2, -0.15) is 0 Å². The van der Waals surface area contributed by atoms with Crippen molar-refractivity contribution in [3.63, 3.8) is 0 Å². The van der Waals surface area contributed by atoms with Gasteiger partial charge in [0.05, 0.1) is 19.3 Å². The summed E-state index contributed by atoms with van der Waals surface area (Å²) in [6.07, 6.45) is 5.52. The fourth-order valence-electron chi connectivity index (χ4n) is 3.21. The first kappa shape index (κ1) is 22.5. The Morgan fingerprint density at radius 3 is 2.48 bits per heavy atom. The van der Waals surface area contributed by atoms with E-state index in [0.29, 0.717) is 22.5 Å². The maximum atomic E-state index is 13.4. The molecule has 0 N–H and O–H groups in total. The summed E-state index contributed by atoms with van der Waals surface area (Å²) < 4.78 is 33.0. The molecular weight excluding hydrogens is 416 g/mol. The number of rotatable bonds is 5. The molecule has 8 nitrogen and oxygen atoms in total.